The van der Waals surface area contributed by atoms with Crippen LogP contribution in [-0.2, 0) is 19.3 Å². The number of anilines is 1. The molecule has 108 valence electrons. The van der Waals surface area contributed by atoms with Gasteiger partial charge in [-0.1, -0.05) is 20.8 Å². The van der Waals surface area contributed by atoms with Crippen molar-refractivity contribution in [2.24, 2.45) is 0 Å². The van der Waals surface area contributed by atoms with Gasteiger partial charge in [-0.15, -0.1) is 0 Å². The van der Waals surface area contributed by atoms with Crippen molar-refractivity contribution in [1.29, 1.82) is 0 Å². The molecule has 0 unspecified atom stereocenters. The molecule has 0 aliphatic carbocycles. The predicted molar refractivity (Wildman–Crippen MR) is 84.0 cm³/mol. The molecule has 1 N–H and O–H groups in total. The van der Waals surface area contributed by atoms with E-state index in [-0.39, 0.29) is 0 Å². The molecule has 3 nitrogen and oxygen atoms in total. The second kappa shape index (κ2) is 8.16. The zero-order valence-corrected chi connectivity index (χ0v) is 13.2. The second-order valence-electron chi connectivity index (χ2n) is 5.04. The summed E-state index contributed by atoms with van der Waals surface area (Å²) in [7, 11) is 4.26. The van der Waals surface area contributed by atoms with Crippen molar-refractivity contribution in [3.05, 3.63) is 22.9 Å². The Kier molecular flexibility index (Phi) is 6.85. The Labute approximate surface area is 118 Å². The van der Waals surface area contributed by atoms with Crippen LogP contribution in [0, 0.1) is 0 Å². The maximum atomic E-state index is 4.69. The number of pyridine rings is 1. The lowest BCUT2D eigenvalue weighted by atomic mass is 9.97. The van der Waals surface area contributed by atoms with Crippen LogP contribution in [0.2, 0.25) is 0 Å². The molecule has 0 saturated heterocycles. The molecule has 2 rings (SSSR count). The molecular weight excluding hydrogens is 234 g/mol. The minimum Gasteiger partial charge on any atom is -0.370 e. The van der Waals surface area contributed by atoms with Crippen molar-refractivity contribution < 1.29 is 0 Å². The molecular formula is C16H29N3. The first kappa shape index (κ1) is 16.0. The Morgan fingerprint density at radius 1 is 1.32 bits per heavy atom. The summed E-state index contributed by atoms with van der Waals surface area (Å²) in [5, 5.41) is 3.44. The number of rotatable bonds is 4. The molecule has 19 heavy (non-hydrogen) atoms. The summed E-state index contributed by atoms with van der Waals surface area (Å²) < 4.78 is 0. The van der Waals surface area contributed by atoms with E-state index in [2.05, 4.69) is 37.3 Å². The number of aromatic nitrogens is 1. The van der Waals surface area contributed by atoms with Crippen LogP contribution in [0.3, 0.4) is 0 Å². The van der Waals surface area contributed by atoms with Gasteiger partial charge in [-0.3, -0.25) is 0 Å². The first-order valence-corrected chi connectivity index (χ1v) is 7.61. The van der Waals surface area contributed by atoms with Crippen LogP contribution in [0.25, 0.3) is 0 Å². The third kappa shape index (κ3) is 4.50. The van der Waals surface area contributed by atoms with Gasteiger partial charge < -0.3 is 10.2 Å². The van der Waals surface area contributed by atoms with Crippen molar-refractivity contribution >= 4 is 5.82 Å². The van der Waals surface area contributed by atoms with Gasteiger partial charge in [0, 0.05) is 18.8 Å². The van der Waals surface area contributed by atoms with Gasteiger partial charge in [0.1, 0.15) is 5.82 Å². The molecule has 1 aliphatic rings. The summed E-state index contributed by atoms with van der Waals surface area (Å²) >= 11 is 0. The lowest BCUT2D eigenvalue weighted by Crippen LogP contribution is -2.20. The molecule has 1 aromatic heterocycles. The molecule has 0 atom stereocenters. The van der Waals surface area contributed by atoms with E-state index in [1.165, 1.54) is 29.7 Å². The van der Waals surface area contributed by atoms with Crippen LogP contribution in [0.4, 0.5) is 5.82 Å². The third-order valence-corrected chi connectivity index (χ3v) is 3.36. The summed E-state index contributed by atoms with van der Waals surface area (Å²) in [6, 6.07) is 2.30. The number of aryl methyl sites for hydroxylation is 1. The molecule has 0 aromatic carbocycles. The van der Waals surface area contributed by atoms with Gasteiger partial charge in [-0.25, -0.2) is 4.98 Å². The van der Waals surface area contributed by atoms with E-state index in [0.717, 1.165) is 31.7 Å². The zero-order valence-electron chi connectivity index (χ0n) is 13.2. The Morgan fingerprint density at radius 2 is 2.05 bits per heavy atom. The summed E-state index contributed by atoms with van der Waals surface area (Å²) in [6.45, 7) is 8.35. The van der Waals surface area contributed by atoms with E-state index < -0.39 is 0 Å². The standard InChI is InChI=1S/C14H23N3.C2H6/c1-4-12-10-11(7-9-17(2)3)13-6-5-8-15-14(13)16-12;1-2/h10H,4-9H2,1-3H3,(H,15,16);1-2H3. The van der Waals surface area contributed by atoms with Gasteiger partial charge >= 0.3 is 0 Å². The predicted octanol–water partition coefficient (Wildman–Crippen LogP) is 3.13. The highest BCUT2D eigenvalue weighted by Crippen LogP contribution is 2.25. The van der Waals surface area contributed by atoms with Gasteiger partial charge in [0.25, 0.3) is 0 Å². The average molecular weight is 263 g/mol. The van der Waals surface area contributed by atoms with E-state index >= 15 is 0 Å². The van der Waals surface area contributed by atoms with Crippen LogP contribution in [-0.4, -0.2) is 37.1 Å². The second-order valence-corrected chi connectivity index (χ2v) is 5.04. The van der Waals surface area contributed by atoms with Gasteiger partial charge in [-0.05, 0) is 57.0 Å². The first-order chi connectivity index (χ1) is 9.20. The number of hydrogen-bond donors (Lipinski definition) is 1. The summed E-state index contributed by atoms with van der Waals surface area (Å²) in [6.07, 6.45) is 4.56. The van der Waals surface area contributed by atoms with Crippen molar-refractivity contribution in [2.45, 2.75) is 46.5 Å². The van der Waals surface area contributed by atoms with Crippen LogP contribution in [0.15, 0.2) is 6.07 Å². The van der Waals surface area contributed by atoms with Crippen molar-refractivity contribution in [2.75, 3.05) is 32.5 Å². The lowest BCUT2D eigenvalue weighted by Gasteiger charge is -2.22. The van der Waals surface area contributed by atoms with Crippen LogP contribution in [0.5, 0.6) is 0 Å². The van der Waals surface area contributed by atoms with E-state index in [1.807, 2.05) is 13.8 Å². The molecule has 1 aromatic rings. The van der Waals surface area contributed by atoms with Gasteiger partial charge in [0.15, 0.2) is 0 Å². The summed E-state index contributed by atoms with van der Waals surface area (Å²) in [5.41, 5.74) is 4.16. The van der Waals surface area contributed by atoms with Crippen molar-refractivity contribution in [1.82, 2.24) is 9.88 Å². The topological polar surface area (TPSA) is 28.2 Å². The largest absolute Gasteiger partial charge is 0.370 e. The maximum absolute atomic E-state index is 4.69. The Hall–Kier alpha value is -1.09. The minimum atomic E-state index is 1.02. The molecule has 2 heterocycles. The summed E-state index contributed by atoms with van der Waals surface area (Å²) in [5.74, 6) is 1.14. The van der Waals surface area contributed by atoms with E-state index in [9.17, 15) is 0 Å². The number of likely N-dealkylation sites (N-methyl/N-ethyl adjacent to an activating group) is 1. The molecule has 0 saturated carbocycles. The van der Waals surface area contributed by atoms with Crippen molar-refractivity contribution in [3.8, 4) is 0 Å². The first-order valence-electron chi connectivity index (χ1n) is 7.61. The molecule has 0 amide bonds. The minimum absolute atomic E-state index is 1.02. The molecule has 1 aliphatic heterocycles. The lowest BCUT2D eigenvalue weighted by molar-refractivity contribution is 0.413. The average Bonchev–Trinajstić information content (AvgIpc) is 2.46. The fourth-order valence-corrected chi connectivity index (χ4v) is 2.33. The fraction of sp³-hybridized carbons (Fsp3) is 0.688. The van der Waals surface area contributed by atoms with Crippen LogP contribution >= 0.6 is 0 Å². The maximum Gasteiger partial charge on any atom is 0.129 e. The SMILES string of the molecule is CC.CCc1cc(CCN(C)C)c2c(n1)NCCC2. The van der Waals surface area contributed by atoms with Gasteiger partial charge in [-0.2, -0.15) is 0 Å². The monoisotopic (exact) mass is 263 g/mol. The number of hydrogen-bond acceptors (Lipinski definition) is 3. The highest BCUT2D eigenvalue weighted by molar-refractivity contribution is 5.51. The number of fused-ring (bicyclic) bond motifs is 1. The van der Waals surface area contributed by atoms with Crippen LogP contribution in [0.1, 0.15) is 44.0 Å². The highest BCUT2D eigenvalue weighted by atomic mass is 15.0. The fourth-order valence-electron chi connectivity index (χ4n) is 2.33. The molecule has 0 spiro atoms. The Morgan fingerprint density at radius 3 is 2.68 bits per heavy atom. The number of nitrogens with zero attached hydrogens (tertiary/aromatic N) is 2. The molecule has 3 heteroatoms. The van der Waals surface area contributed by atoms with E-state index in [0.29, 0.717) is 0 Å². The quantitative estimate of drug-likeness (QED) is 0.904. The smallest absolute Gasteiger partial charge is 0.129 e. The van der Waals surface area contributed by atoms with Gasteiger partial charge in [0.05, 0.1) is 0 Å². The van der Waals surface area contributed by atoms with E-state index in [4.69, 9.17) is 4.98 Å². The third-order valence-electron chi connectivity index (χ3n) is 3.36. The highest BCUT2D eigenvalue weighted by Gasteiger charge is 2.15. The number of nitrogens with one attached hydrogen (secondary N) is 1. The molecule has 0 radical (unpaired) electrons. The molecule has 0 bridgehead atoms. The van der Waals surface area contributed by atoms with Crippen molar-refractivity contribution in [3.63, 3.8) is 0 Å². The Balaban J connectivity index is 0.000000861. The van der Waals surface area contributed by atoms with E-state index in [1.54, 1.807) is 0 Å². The Bertz CT molecular complexity index is 386. The van der Waals surface area contributed by atoms with Crippen LogP contribution < -0.4 is 5.32 Å². The normalized spacial score (nSPS) is 13.4. The molecule has 0 fully saturated rings. The zero-order chi connectivity index (χ0) is 14.3. The summed E-state index contributed by atoms with van der Waals surface area (Å²) in [4.78, 5) is 6.94. The van der Waals surface area contributed by atoms with Gasteiger partial charge in [0.2, 0.25) is 0 Å².